The highest BCUT2D eigenvalue weighted by atomic mass is 35.5. The first-order valence-corrected chi connectivity index (χ1v) is 9.15. The van der Waals surface area contributed by atoms with E-state index >= 15 is 0 Å². The Hall–Kier alpha value is -1.10. The Bertz CT molecular complexity index is 715. The van der Waals surface area contributed by atoms with Gasteiger partial charge >= 0.3 is 0 Å². The van der Waals surface area contributed by atoms with E-state index in [1.165, 1.54) is 37.2 Å². The Labute approximate surface area is 146 Å². The van der Waals surface area contributed by atoms with Gasteiger partial charge in [-0.3, -0.25) is 4.79 Å². The molecule has 1 amide bonds. The fraction of sp³-hybridized carbons (Fsp3) is 0.500. The monoisotopic (exact) mass is 348 g/mol. The molecule has 0 radical (unpaired) electrons. The molecule has 2 aromatic rings. The summed E-state index contributed by atoms with van der Waals surface area (Å²) in [4.78, 5) is 15.4. The minimum atomic E-state index is 0. The maximum atomic E-state index is 12.8. The Morgan fingerprint density at radius 1 is 1.13 bits per heavy atom. The highest BCUT2D eigenvalue weighted by molar-refractivity contribution is 7.17. The van der Waals surface area contributed by atoms with E-state index < -0.39 is 0 Å². The molecule has 1 saturated carbocycles. The molecular weight excluding hydrogens is 328 g/mol. The van der Waals surface area contributed by atoms with Crippen molar-refractivity contribution in [2.24, 2.45) is 17.8 Å². The Kier molecular flexibility index (Phi) is 3.87. The Balaban J connectivity index is 0.00000135. The van der Waals surface area contributed by atoms with Gasteiger partial charge in [-0.2, -0.15) is 0 Å². The smallest absolute Gasteiger partial charge is 0.252 e. The van der Waals surface area contributed by atoms with Gasteiger partial charge in [0.15, 0.2) is 0 Å². The first kappa shape index (κ1) is 15.4. The van der Waals surface area contributed by atoms with Crippen LogP contribution in [0, 0.1) is 17.8 Å². The van der Waals surface area contributed by atoms with E-state index in [1.54, 1.807) is 11.3 Å². The van der Waals surface area contributed by atoms with Crippen LogP contribution in [-0.2, 0) is 0 Å². The summed E-state index contributed by atoms with van der Waals surface area (Å²) in [5, 5.41) is 6.51. The molecule has 1 aliphatic carbocycles. The van der Waals surface area contributed by atoms with Gasteiger partial charge in [-0.15, -0.1) is 23.7 Å². The molecule has 4 aliphatic rings. The molecule has 3 aliphatic heterocycles. The van der Waals surface area contributed by atoms with Crippen LogP contribution in [0.25, 0.3) is 10.1 Å². The van der Waals surface area contributed by atoms with E-state index in [0.717, 1.165) is 16.9 Å². The molecular formula is C18H21ClN2OS. The molecule has 23 heavy (non-hydrogen) atoms. The number of carbonyl (C=O) groups excluding carboxylic acids is 1. The van der Waals surface area contributed by atoms with Crippen molar-refractivity contribution < 1.29 is 4.79 Å². The Morgan fingerprint density at radius 2 is 1.87 bits per heavy atom. The molecule has 4 heterocycles. The number of benzene rings is 1. The second-order valence-corrected chi connectivity index (χ2v) is 8.13. The van der Waals surface area contributed by atoms with E-state index in [-0.39, 0.29) is 18.3 Å². The summed E-state index contributed by atoms with van der Waals surface area (Å²) >= 11 is 1.66. The maximum absolute atomic E-state index is 12.8. The average molecular weight is 349 g/mol. The fourth-order valence-electron chi connectivity index (χ4n) is 5.03. The molecule has 1 aromatic carbocycles. The normalized spacial score (nSPS) is 34.3. The second-order valence-electron chi connectivity index (χ2n) is 7.22. The predicted molar refractivity (Wildman–Crippen MR) is 96.5 cm³/mol. The summed E-state index contributed by atoms with van der Waals surface area (Å²) in [5.41, 5.74) is 0.856. The summed E-state index contributed by atoms with van der Waals surface area (Å²) < 4.78 is 1.20. The third-order valence-corrected chi connectivity index (χ3v) is 6.78. The number of amides is 1. The number of carbonyl (C=O) groups is 1. The van der Waals surface area contributed by atoms with Crippen LogP contribution in [0.3, 0.4) is 0 Å². The van der Waals surface area contributed by atoms with Gasteiger partial charge in [0.25, 0.3) is 5.91 Å². The van der Waals surface area contributed by atoms with Crippen LogP contribution in [-0.4, -0.2) is 36.5 Å². The summed E-state index contributed by atoms with van der Waals surface area (Å²) in [6, 6.07) is 8.59. The molecule has 3 saturated heterocycles. The zero-order valence-corrected chi connectivity index (χ0v) is 14.5. The van der Waals surface area contributed by atoms with Gasteiger partial charge in [-0.1, -0.05) is 18.2 Å². The fourth-order valence-corrected chi connectivity index (χ4v) is 5.97. The number of hydrogen-bond acceptors (Lipinski definition) is 3. The van der Waals surface area contributed by atoms with Crippen LogP contribution in [0.1, 0.15) is 23.2 Å². The van der Waals surface area contributed by atoms with E-state index in [4.69, 9.17) is 0 Å². The third kappa shape index (κ3) is 2.48. The highest BCUT2D eigenvalue weighted by Gasteiger charge is 2.47. The number of hydrogen-bond donors (Lipinski definition) is 1. The number of nitrogens with one attached hydrogen (secondary N) is 1. The lowest BCUT2D eigenvalue weighted by Crippen LogP contribution is -2.64. The molecule has 122 valence electrons. The largest absolute Gasteiger partial charge is 0.349 e. The first-order valence-electron chi connectivity index (χ1n) is 8.27. The molecule has 4 bridgehead atoms. The van der Waals surface area contributed by atoms with Gasteiger partial charge in [0.05, 0.1) is 5.56 Å². The molecule has 1 N–H and O–H groups in total. The summed E-state index contributed by atoms with van der Waals surface area (Å²) in [5.74, 6) is 2.35. The number of fused-ring (bicyclic) bond motifs is 1. The molecule has 6 rings (SSSR count). The summed E-state index contributed by atoms with van der Waals surface area (Å²) in [6.45, 7) is 3.66. The summed E-state index contributed by atoms with van der Waals surface area (Å²) in [6.07, 6.45) is 2.62. The van der Waals surface area contributed by atoms with Crippen LogP contribution in [0.15, 0.2) is 29.6 Å². The quantitative estimate of drug-likeness (QED) is 0.902. The molecule has 2 atom stereocenters. The van der Waals surface area contributed by atoms with E-state index in [2.05, 4.69) is 22.3 Å². The molecule has 4 fully saturated rings. The second kappa shape index (κ2) is 5.76. The third-order valence-electron chi connectivity index (χ3n) is 5.81. The van der Waals surface area contributed by atoms with E-state index in [9.17, 15) is 4.79 Å². The lowest BCUT2D eigenvalue weighted by atomic mass is 9.65. The number of thiophene rings is 1. The zero-order valence-electron chi connectivity index (χ0n) is 12.9. The van der Waals surface area contributed by atoms with Crippen LogP contribution in [0.4, 0.5) is 0 Å². The SMILES string of the molecule is Cl.O=C(NC1[C@H]2CC3C[C@H]1CN(C3)C2)c1csc2ccccc12. The average Bonchev–Trinajstić information content (AvgIpc) is 2.94. The minimum absolute atomic E-state index is 0. The standard InChI is InChI=1S/C18H20N2OS.ClH/c21-18(15-10-22-16-4-2-1-3-14(15)16)19-17-12-5-11-6-13(17)9-20(7-11)8-12;/h1-4,10-13,17H,5-9H2,(H,19,21);1H/t11?,12-,13-,17?;/m0./s1. The van der Waals surface area contributed by atoms with Crippen molar-refractivity contribution in [3.05, 3.63) is 35.2 Å². The van der Waals surface area contributed by atoms with Gasteiger partial charge in [0.2, 0.25) is 0 Å². The van der Waals surface area contributed by atoms with Crippen molar-refractivity contribution in [1.29, 1.82) is 0 Å². The summed E-state index contributed by atoms with van der Waals surface area (Å²) in [7, 11) is 0. The lowest BCUT2D eigenvalue weighted by Gasteiger charge is -2.55. The van der Waals surface area contributed by atoms with Crippen LogP contribution >= 0.6 is 23.7 Å². The maximum Gasteiger partial charge on any atom is 0.252 e. The van der Waals surface area contributed by atoms with Gasteiger partial charge in [-0.05, 0) is 36.7 Å². The number of halogens is 1. The minimum Gasteiger partial charge on any atom is -0.349 e. The van der Waals surface area contributed by atoms with Gasteiger partial charge in [0.1, 0.15) is 0 Å². The van der Waals surface area contributed by atoms with E-state index in [1.807, 2.05) is 17.5 Å². The topological polar surface area (TPSA) is 32.3 Å². The van der Waals surface area contributed by atoms with Gasteiger partial charge in [0, 0.05) is 41.1 Å². The molecule has 3 nitrogen and oxygen atoms in total. The van der Waals surface area contributed by atoms with Crippen LogP contribution in [0.2, 0.25) is 0 Å². The van der Waals surface area contributed by atoms with Crippen molar-refractivity contribution >= 4 is 39.7 Å². The van der Waals surface area contributed by atoms with Crippen molar-refractivity contribution in [3.63, 3.8) is 0 Å². The number of rotatable bonds is 2. The molecule has 5 heteroatoms. The Morgan fingerprint density at radius 3 is 2.61 bits per heavy atom. The van der Waals surface area contributed by atoms with Crippen LogP contribution < -0.4 is 5.32 Å². The van der Waals surface area contributed by atoms with Crippen molar-refractivity contribution in [3.8, 4) is 0 Å². The number of piperidine rings is 3. The predicted octanol–water partition coefficient (Wildman–Crippen LogP) is 3.39. The first-order chi connectivity index (χ1) is 10.8. The van der Waals surface area contributed by atoms with Gasteiger partial charge < -0.3 is 10.2 Å². The van der Waals surface area contributed by atoms with Crippen molar-refractivity contribution in [2.75, 3.05) is 19.6 Å². The molecule has 1 aromatic heterocycles. The lowest BCUT2D eigenvalue weighted by molar-refractivity contribution is -0.0418. The van der Waals surface area contributed by atoms with Crippen molar-refractivity contribution in [1.82, 2.24) is 10.2 Å². The van der Waals surface area contributed by atoms with E-state index in [0.29, 0.717) is 17.9 Å². The van der Waals surface area contributed by atoms with Gasteiger partial charge in [-0.25, -0.2) is 0 Å². The molecule has 0 spiro atoms. The van der Waals surface area contributed by atoms with Crippen molar-refractivity contribution in [2.45, 2.75) is 18.9 Å². The van der Waals surface area contributed by atoms with Crippen LogP contribution in [0.5, 0.6) is 0 Å². The molecule has 0 unspecified atom stereocenters. The zero-order chi connectivity index (χ0) is 14.7. The highest BCUT2D eigenvalue weighted by Crippen LogP contribution is 2.43. The number of nitrogens with zero attached hydrogens (tertiary/aromatic N) is 1.